The van der Waals surface area contributed by atoms with E-state index in [-0.39, 0.29) is 11.6 Å². The van der Waals surface area contributed by atoms with Gasteiger partial charge in [-0.1, -0.05) is 0 Å². The molecule has 1 aliphatic carbocycles. The van der Waals surface area contributed by atoms with Crippen LogP contribution in [0.5, 0.6) is 5.75 Å². The highest BCUT2D eigenvalue weighted by atomic mass is 19.1. The van der Waals surface area contributed by atoms with Crippen LogP contribution in [0.1, 0.15) is 30.4 Å². The van der Waals surface area contributed by atoms with E-state index in [2.05, 4.69) is 0 Å². The molecule has 3 N–H and O–H groups in total. The summed E-state index contributed by atoms with van der Waals surface area (Å²) in [5.74, 6) is -0.180. The first-order valence-corrected chi connectivity index (χ1v) is 4.82. The summed E-state index contributed by atoms with van der Waals surface area (Å²) in [7, 11) is 0. The normalized spacial score (nSPS) is 19.1. The standard InChI is InChI=1S/C11H14FNO/c1-7-8(12)3-4-9(14)10(7)11(13)5-2-6-11/h3-4,14H,2,5-6,13H2,1H3. The molecule has 0 atom stereocenters. The maximum atomic E-state index is 13.3. The summed E-state index contributed by atoms with van der Waals surface area (Å²) in [6.07, 6.45) is 2.70. The summed E-state index contributed by atoms with van der Waals surface area (Å²) in [5, 5.41) is 9.67. The van der Waals surface area contributed by atoms with E-state index >= 15 is 0 Å². The SMILES string of the molecule is Cc1c(F)ccc(O)c1C1(N)CCC1. The molecule has 1 fully saturated rings. The summed E-state index contributed by atoms with van der Waals surface area (Å²) in [5.41, 5.74) is 6.63. The van der Waals surface area contributed by atoms with Crippen molar-refractivity contribution in [1.82, 2.24) is 0 Å². The van der Waals surface area contributed by atoms with Crippen LogP contribution in [0.3, 0.4) is 0 Å². The summed E-state index contributed by atoms with van der Waals surface area (Å²) >= 11 is 0. The quantitative estimate of drug-likeness (QED) is 0.721. The lowest BCUT2D eigenvalue weighted by atomic mass is 9.71. The molecule has 0 aliphatic heterocycles. The van der Waals surface area contributed by atoms with Crippen molar-refractivity contribution in [3.63, 3.8) is 0 Å². The zero-order chi connectivity index (χ0) is 10.3. The highest BCUT2D eigenvalue weighted by Crippen LogP contribution is 2.44. The summed E-state index contributed by atoms with van der Waals surface area (Å²) in [4.78, 5) is 0. The third-order valence-corrected chi connectivity index (χ3v) is 3.12. The van der Waals surface area contributed by atoms with Crippen molar-refractivity contribution in [2.75, 3.05) is 0 Å². The molecule has 0 heterocycles. The number of aromatic hydroxyl groups is 1. The number of phenols is 1. The minimum absolute atomic E-state index is 0.117. The number of hydrogen-bond acceptors (Lipinski definition) is 2. The minimum atomic E-state index is -0.504. The van der Waals surface area contributed by atoms with E-state index in [1.54, 1.807) is 6.92 Å². The van der Waals surface area contributed by atoms with E-state index in [0.717, 1.165) is 19.3 Å². The third-order valence-electron chi connectivity index (χ3n) is 3.12. The van der Waals surface area contributed by atoms with Crippen LogP contribution in [0.4, 0.5) is 4.39 Å². The molecule has 0 spiro atoms. The van der Waals surface area contributed by atoms with Gasteiger partial charge in [0.1, 0.15) is 11.6 Å². The predicted octanol–water partition coefficient (Wildman–Crippen LogP) is 2.18. The van der Waals surface area contributed by atoms with Gasteiger partial charge in [-0.2, -0.15) is 0 Å². The highest BCUT2D eigenvalue weighted by Gasteiger charge is 2.38. The molecule has 1 saturated carbocycles. The Kier molecular flexibility index (Phi) is 2.00. The Morgan fingerprint density at radius 3 is 2.57 bits per heavy atom. The van der Waals surface area contributed by atoms with Crippen LogP contribution in [0, 0.1) is 12.7 Å². The Bertz CT molecular complexity index is 372. The first-order valence-electron chi connectivity index (χ1n) is 4.82. The van der Waals surface area contributed by atoms with Crippen LogP contribution in [0.2, 0.25) is 0 Å². The number of hydrogen-bond donors (Lipinski definition) is 2. The van der Waals surface area contributed by atoms with Gasteiger partial charge < -0.3 is 10.8 Å². The van der Waals surface area contributed by atoms with Gasteiger partial charge in [0.15, 0.2) is 0 Å². The zero-order valence-electron chi connectivity index (χ0n) is 8.18. The molecule has 0 radical (unpaired) electrons. The van der Waals surface area contributed by atoms with Crippen LogP contribution < -0.4 is 5.73 Å². The van der Waals surface area contributed by atoms with Gasteiger partial charge >= 0.3 is 0 Å². The Labute approximate surface area is 82.5 Å². The molecular formula is C11H14FNO. The van der Waals surface area contributed by atoms with E-state index in [4.69, 9.17) is 5.73 Å². The maximum absolute atomic E-state index is 13.3. The molecule has 76 valence electrons. The number of halogens is 1. The molecule has 1 aliphatic rings. The fourth-order valence-electron chi connectivity index (χ4n) is 2.11. The van der Waals surface area contributed by atoms with E-state index in [0.29, 0.717) is 11.1 Å². The van der Waals surface area contributed by atoms with Crippen LogP contribution in [0.25, 0.3) is 0 Å². The average Bonchev–Trinajstić information content (AvgIpc) is 2.09. The van der Waals surface area contributed by atoms with Gasteiger partial charge in [0.2, 0.25) is 0 Å². The van der Waals surface area contributed by atoms with Crippen molar-refractivity contribution >= 4 is 0 Å². The van der Waals surface area contributed by atoms with Crippen molar-refractivity contribution in [1.29, 1.82) is 0 Å². The van der Waals surface area contributed by atoms with E-state index in [1.807, 2.05) is 0 Å². The van der Waals surface area contributed by atoms with Gasteiger partial charge in [-0.25, -0.2) is 4.39 Å². The Morgan fingerprint density at radius 1 is 1.43 bits per heavy atom. The second kappa shape index (κ2) is 2.95. The van der Waals surface area contributed by atoms with Gasteiger partial charge in [-0.05, 0) is 43.9 Å². The molecule has 0 amide bonds. The van der Waals surface area contributed by atoms with Crippen LogP contribution >= 0.6 is 0 Å². The molecule has 3 heteroatoms. The van der Waals surface area contributed by atoms with Gasteiger partial charge in [-0.3, -0.25) is 0 Å². The van der Waals surface area contributed by atoms with E-state index in [1.165, 1.54) is 12.1 Å². The second-order valence-corrected chi connectivity index (χ2v) is 4.08. The average molecular weight is 195 g/mol. The Morgan fingerprint density at radius 2 is 2.07 bits per heavy atom. The van der Waals surface area contributed by atoms with Gasteiger partial charge in [0.05, 0.1) is 0 Å². The molecule has 14 heavy (non-hydrogen) atoms. The largest absolute Gasteiger partial charge is 0.508 e. The van der Waals surface area contributed by atoms with E-state index < -0.39 is 5.54 Å². The fourth-order valence-corrected chi connectivity index (χ4v) is 2.11. The summed E-state index contributed by atoms with van der Waals surface area (Å²) < 4.78 is 13.3. The third kappa shape index (κ3) is 1.20. The molecule has 0 aromatic heterocycles. The molecule has 0 unspecified atom stereocenters. The summed E-state index contributed by atoms with van der Waals surface area (Å²) in [6.45, 7) is 1.66. The number of rotatable bonds is 1. The van der Waals surface area contributed by atoms with Crippen molar-refractivity contribution in [2.24, 2.45) is 5.73 Å². The van der Waals surface area contributed by atoms with Crippen molar-refractivity contribution < 1.29 is 9.50 Å². The maximum Gasteiger partial charge on any atom is 0.126 e. The molecule has 2 rings (SSSR count). The monoisotopic (exact) mass is 195 g/mol. The first kappa shape index (κ1) is 9.46. The second-order valence-electron chi connectivity index (χ2n) is 4.08. The van der Waals surface area contributed by atoms with Gasteiger partial charge in [0.25, 0.3) is 0 Å². The lowest BCUT2D eigenvalue weighted by Crippen LogP contribution is -2.44. The van der Waals surface area contributed by atoms with Crippen LogP contribution in [0.15, 0.2) is 12.1 Å². The van der Waals surface area contributed by atoms with Crippen molar-refractivity contribution in [3.8, 4) is 5.75 Å². The zero-order valence-corrected chi connectivity index (χ0v) is 8.18. The fraction of sp³-hybridized carbons (Fsp3) is 0.455. The number of nitrogens with two attached hydrogens (primary N) is 1. The number of phenolic OH excluding ortho intramolecular Hbond substituents is 1. The lowest BCUT2D eigenvalue weighted by Gasteiger charge is -2.39. The number of benzene rings is 1. The van der Waals surface area contributed by atoms with Gasteiger partial charge in [-0.15, -0.1) is 0 Å². The predicted molar refractivity (Wildman–Crippen MR) is 52.5 cm³/mol. The van der Waals surface area contributed by atoms with Crippen LogP contribution in [-0.4, -0.2) is 5.11 Å². The molecule has 0 bridgehead atoms. The summed E-state index contributed by atoms with van der Waals surface area (Å²) in [6, 6.07) is 2.65. The van der Waals surface area contributed by atoms with Crippen molar-refractivity contribution in [3.05, 3.63) is 29.1 Å². The van der Waals surface area contributed by atoms with Crippen LogP contribution in [-0.2, 0) is 5.54 Å². The minimum Gasteiger partial charge on any atom is -0.508 e. The molecule has 2 nitrogen and oxygen atoms in total. The molecule has 1 aromatic carbocycles. The van der Waals surface area contributed by atoms with Gasteiger partial charge in [0, 0.05) is 11.1 Å². The topological polar surface area (TPSA) is 46.2 Å². The Hall–Kier alpha value is -1.09. The lowest BCUT2D eigenvalue weighted by molar-refractivity contribution is 0.243. The highest BCUT2D eigenvalue weighted by molar-refractivity contribution is 5.45. The Balaban J connectivity index is 2.56. The molecular weight excluding hydrogens is 181 g/mol. The first-order chi connectivity index (χ1) is 6.54. The molecule has 1 aromatic rings. The van der Waals surface area contributed by atoms with Crippen molar-refractivity contribution in [2.45, 2.75) is 31.7 Å². The smallest absolute Gasteiger partial charge is 0.126 e. The molecule has 0 saturated heterocycles. The van der Waals surface area contributed by atoms with E-state index in [9.17, 15) is 9.50 Å².